The first-order chi connectivity index (χ1) is 24.0. The minimum Gasteiger partial charge on any atom is -0.458 e. The number of unbranched alkanes of at least 4 members (excludes halogenated alkanes) is 4. The smallest absolute Gasteiger partial charge is 0.338 e. The normalized spacial score (nSPS) is 21.3. The van der Waals surface area contributed by atoms with Gasteiger partial charge in [0.25, 0.3) is 0 Å². The van der Waals surface area contributed by atoms with E-state index in [-0.39, 0.29) is 13.2 Å². The highest BCUT2D eigenvalue weighted by molar-refractivity contribution is 5.90. The van der Waals surface area contributed by atoms with Crippen LogP contribution in [0.5, 0.6) is 0 Å². The third-order valence-corrected chi connectivity index (χ3v) is 8.08. The topological polar surface area (TPSA) is 108 Å². The van der Waals surface area contributed by atoms with Gasteiger partial charge in [-0.2, -0.15) is 0 Å². The summed E-state index contributed by atoms with van der Waals surface area (Å²) in [5, 5.41) is 0. The first-order valence-corrected chi connectivity index (χ1v) is 18.2. The van der Waals surface area contributed by atoms with Crippen LogP contribution in [0.3, 0.4) is 0 Å². The fourth-order valence-electron chi connectivity index (χ4n) is 5.19. The van der Waals surface area contributed by atoms with Gasteiger partial charge in [-0.05, 0) is 49.9 Å². The van der Waals surface area contributed by atoms with Crippen molar-refractivity contribution in [1.29, 1.82) is 0 Å². The summed E-state index contributed by atoms with van der Waals surface area (Å²) in [5.41, 5.74) is 0.765. The summed E-state index contributed by atoms with van der Waals surface area (Å²) < 4.78 is 50.0. The number of hydrogen-bond donors (Lipinski definition) is 0. The second-order valence-corrected chi connectivity index (χ2v) is 12.2. The number of esters is 2. The van der Waals surface area contributed by atoms with Crippen molar-refractivity contribution < 1.29 is 47.5 Å². The lowest BCUT2D eigenvalue weighted by Gasteiger charge is -2.46. The van der Waals surface area contributed by atoms with E-state index in [2.05, 4.69) is 27.7 Å². The SMILES string of the molecule is CCCCOCC1OC(OCC(COC(=O)c2ccccc2)OC(=O)c2ccccc2)[C@@H](OCCCC)C(OCCCC)C1OCCCC. The van der Waals surface area contributed by atoms with E-state index in [1.165, 1.54) is 0 Å². The van der Waals surface area contributed by atoms with Crippen molar-refractivity contribution in [2.24, 2.45) is 0 Å². The van der Waals surface area contributed by atoms with Gasteiger partial charge in [-0.3, -0.25) is 0 Å². The van der Waals surface area contributed by atoms with Crippen LogP contribution in [0.4, 0.5) is 0 Å². The Hall–Kier alpha value is -2.86. The zero-order chi connectivity index (χ0) is 35.1. The summed E-state index contributed by atoms with van der Waals surface area (Å²) in [6.07, 6.45) is 3.65. The van der Waals surface area contributed by atoms with Crippen LogP contribution >= 0.6 is 0 Å². The fraction of sp³-hybridized carbons (Fsp3) is 0.641. The third-order valence-electron chi connectivity index (χ3n) is 8.08. The summed E-state index contributed by atoms with van der Waals surface area (Å²) in [4.78, 5) is 25.9. The van der Waals surface area contributed by atoms with Crippen LogP contribution in [0.1, 0.15) is 99.8 Å². The molecule has 0 radical (unpaired) electrons. The molecule has 49 heavy (non-hydrogen) atoms. The van der Waals surface area contributed by atoms with Gasteiger partial charge in [0.2, 0.25) is 0 Å². The van der Waals surface area contributed by atoms with Gasteiger partial charge in [0, 0.05) is 26.4 Å². The minimum absolute atomic E-state index is 0.120. The Morgan fingerprint density at radius 2 is 1.12 bits per heavy atom. The van der Waals surface area contributed by atoms with E-state index >= 15 is 0 Å². The van der Waals surface area contributed by atoms with E-state index in [0.717, 1.165) is 51.4 Å². The molecule has 10 heteroatoms. The highest BCUT2D eigenvalue weighted by atomic mass is 16.7. The number of hydrogen-bond acceptors (Lipinski definition) is 10. The van der Waals surface area contributed by atoms with Gasteiger partial charge in [0.1, 0.15) is 31.0 Å². The zero-order valence-electron chi connectivity index (χ0n) is 29.9. The summed E-state index contributed by atoms with van der Waals surface area (Å²) in [7, 11) is 0. The highest BCUT2D eigenvalue weighted by Crippen LogP contribution is 2.30. The van der Waals surface area contributed by atoms with Crippen LogP contribution in [0.15, 0.2) is 60.7 Å². The van der Waals surface area contributed by atoms with Gasteiger partial charge in [0.15, 0.2) is 12.4 Å². The Bertz CT molecular complexity index is 1150. The van der Waals surface area contributed by atoms with Gasteiger partial charge in [-0.25, -0.2) is 9.59 Å². The largest absolute Gasteiger partial charge is 0.458 e. The molecule has 1 aliphatic rings. The number of rotatable bonds is 25. The first-order valence-electron chi connectivity index (χ1n) is 18.2. The van der Waals surface area contributed by atoms with Crippen molar-refractivity contribution in [2.75, 3.05) is 46.2 Å². The molecule has 1 saturated heterocycles. The van der Waals surface area contributed by atoms with Crippen LogP contribution in [-0.2, 0) is 37.9 Å². The molecule has 0 amide bonds. The standard InChI is InChI=1S/C39H58O10/c1-5-9-23-42-29-33-34(43-24-10-6-2)35(44-25-11-7-3)36(45-26-12-8-4)39(49-33)47-28-32(48-38(41)31-21-17-14-18-22-31)27-46-37(40)30-19-15-13-16-20-30/h13-22,32-36,39H,5-12,23-29H2,1-4H3/t32?,33?,34?,35?,36-,39?/m0/s1. The Kier molecular flexibility index (Phi) is 20.1. The van der Waals surface area contributed by atoms with Crippen molar-refractivity contribution in [3.8, 4) is 0 Å². The first kappa shape index (κ1) is 40.6. The monoisotopic (exact) mass is 686 g/mol. The van der Waals surface area contributed by atoms with Crippen molar-refractivity contribution in [2.45, 2.75) is 116 Å². The average molecular weight is 687 g/mol. The molecular formula is C39H58O10. The quantitative estimate of drug-likeness (QED) is 0.0787. The second-order valence-electron chi connectivity index (χ2n) is 12.2. The second kappa shape index (κ2) is 24.3. The van der Waals surface area contributed by atoms with Gasteiger partial charge in [-0.15, -0.1) is 0 Å². The van der Waals surface area contributed by atoms with Crippen LogP contribution in [0.25, 0.3) is 0 Å². The lowest BCUT2D eigenvalue weighted by molar-refractivity contribution is -0.326. The number of ether oxygens (including phenoxy) is 8. The Balaban J connectivity index is 1.85. The summed E-state index contributed by atoms with van der Waals surface area (Å²) in [6, 6.07) is 17.3. The maximum Gasteiger partial charge on any atom is 0.338 e. The Morgan fingerprint density at radius 1 is 0.612 bits per heavy atom. The van der Waals surface area contributed by atoms with Gasteiger partial charge in [-0.1, -0.05) is 89.8 Å². The molecule has 1 heterocycles. The maximum absolute atomic E-state index is 13.1. The molecule has 274 valence electrons. The van der Waals surface area contributed by atoms with Crippen LogP contribution in [0.2, 0.25) is 0 Å². The summed E-state index contributed by atoms with van der Waals surface area (Å²) in [5.74, 6) is -1.09. The van der Waals surface area contributed by atoms with Crippen molar-refractivity contribution in [1.82, 2.24) is 0 Å². The Labute approximate surface area is 293 Å². The molecule has 3 rings (SSSR count). The third kappa shape index (κ3) is 14.5. The molecule has 5 unspecified atom stereocenters. The molecule has 6 atom stereocenters. The van der Waals surface area contributed by atoms with E-state index < -0.39 is 48.7 Å². The van der Waals surface area contributed by atoms with E-state index in [4.69, 9.17) is 37.9 Å². The fourth-order valence-corrected chi connectivity index (χ4v) is 5.19. The molecule has 1 fully saturated rings. The molecule has 1 aliphatic heterocycles. The molecule has 0 bridgehead atoms. The van der Waals surface area contributed by atoms with E-state index in [0.29, 0.717) is 44.2 Å². The molecule has 0 saturated carbocycles. The van der Waals surface area contributed by atoms with Gasteiger partial charge in [0.05, 0.1) is 24.3 Å². The van der Waals surface area contributed by atoms with Gasteiger partial charge < -0.3 is 37.9 Å². The molecular weight excluding hydrogens is 628 g/mol. The van der Waals surface area contributed by atoms with E-state index in [1.807, 2.05) is 12.1 Å². The minimum atomic E-state index is -0.933. The predicted molar refractivity (Wildman–Crippen MR) is 187 cm³/mol. The van der Waals surface area contributed by atoms with Crippen LogP contribution < -0.4 is 0 Å². The number of carbonyl (C=O) groups is 2. The van der Waals surface area contributed by atoms with Crippen LogP contribution in [0, 0.1) is 0 Å². The number of benzene rings is 2. The lowest BCUT2D eigenvalue weighted by atomic mass is 9.98. The Morgan fingerprint density at radius 3 is 1.69 bits per heavy atom. The van der Waals surface area contributed by atoms with Crippen molar-refractivity contribution in [3.05, 3.63) is 71.8 Å². The molecule has 2 aromatic rings. The van der Waals surface area contributed by atoms with Gasteiger partial charge >= 0.3 is 11.9 Å². The van der Waals surface area contributed by atoms with Crippen LogP contribution in [-0.4, -0.2) is 95.0 Å². The molecule has 0 aromatic heterocycles. The summed E-state index contributed by atoms with van der Waals surface area (Å²) >= 11 is 0. The number of carbonyl (C=O) groups excluding carboxylic acids is 2. The van der Waals surface area contributed by atoms with Crippen molar-refractivity contribution in [3.63, 3.8) is 0 Å². The summed E-state index contributed by atoms with van der Waals surface area (Å²) in [6.45, 7) is 10.6. The highest BCUT2D eigenvalue weighted by Gasteiger charge is 2.49. The van der Waals surface area contributed by atoms with E-state index in [9.17, 15) is 9.59 Å². The van der Waals surface area contributed by atoms with Crippen molar-refractivity contribution >= 4 is 11.9 Å². The predicted octanol–water partition coefficient (Wildman–Crippen LogP) is 7.18. The van der Waals surface area contributed by atoms with E-state index in [1.54, 1.807) is 48.5 Å². The maximum atomic E-state index is 13.1. The zero-order valence-corrected chi connectivity index (χ0v) is 29.9. The molecule has 0 N–H and O–H groups in total. The average Bonchev–Trinajstić information content (AvgIpc) is 3.13. The molecule has 2 aromatic carbocycles. The lowest BCUT2D eigenvalue weighted by Crippen LogP contribution is -2.62. The molecule has 0 aliphatic carbocycles. The molecule has 10 nitrogen and oxygen atoms in total. The molecule has 0 spiro atoms.